The van der Waals surface area contributed by atoms with E-state index in [-0.39, 0.29) is 29.7 Å². The van der Waals surface area contributed by atoms with Gasteiger partial charge in [-0.2, -0.15) is 0 Å². The maximum absolute atomic E-state index is 11.2. The maximum atomic E-state index is 11.2. The highest BCUT2D eigenvalue weighted by Gasteiger charge is 2.43. The van der Waals surface area contributed by atoms with Crippen LogP contribution in [0.4, 0.5) is 0 Å². The first-order chi connectivity index (χ1) is 16.0. The van der Waals surface area contributed by atoms with E-state index in [1.807, 2.05) is 12.2 Å². The monoisotopic (exact) mass is 462 g/mol. The molecule has 1 heterocycles. The number of esters is 3. The molecule has 0 aromatic rings. The van der Waals surface area contributed by atoms with Crippen LogP contribution in [0.1, 0.15) is 117 Å². The van der Waals surface area contributed by atoms with Crippen molar-refractivity contribution in [3.63, 3.8) is 0 Å². The number of allylic oxidation sites excluding steroid dienone is 2. The van der Waals surface area contributed by atoms with Crippen LogP contribution >= 0.6 is 0 Å². The molecule has 5 nitrogen and oxygen atoms in total. The summed E-state index contributed by atoms with van der Waals surface area (Å²) in [6.45, 7) is 8.07. The molecule has 0 aromatic heterocycles. The Morgan fingerprint density at radius 3 is 1.61 bits per heavy atom. The van der Waals surface area contributed by atoms with Gasteiger partial charge in [0.2, 0.25) is 0 Å². The third-order valence-corrected chi connectivity index (χ3v) is 6.32. The summed E-state index contributed by atoms with van der Waals surface area (Å²) >= 11 is 0. The Bertz CT molecular complexity index is 598. The number of ether oxygens (including phenoxy) is 2. The average Bonchev–Trinajstić information content (AvgIpc) is 3.10. The second kappa shape index (κ2) is 18.5. The summed E-state index contributed by atoms with van der Waals surface area (Å²) in [5.74, 6) is -1.32. The predicted molar refractivity (Wildman–Crippen MR) is 133 cm³/mol. The van der Waals surface area contributed by atoms with Crippen molar-refractivity contribution in [2.45, 2.75) is 117 Å². The van der Waals surface area contributed by atoms with E-state index in [1.165, 1.54) is 83.5 Å². The summed E-state index contributed by atoms with van der Waals surface area (Å²) in [6.07, 6.45) is 24.0. The van der Waals surface area contributed by atoms with Gasteiger partial charge in [-0.3, -0.25) is 9.59 Å². The normalized spacial score (nSPS) is 18.8. The Kier molecular flexibility index (Phi) is 16.3. The van der Waals surface area contributed by atoms with Crippen LogP contribution in [-0.2, 0) is 23.9 Å². The summed E-state index contributed by atoms with van der Waals surface area (Å²) in [7, 11) is 0. The van der Waals surface area contributed by atoms with Crippen LogP contribution in [-0.4, -0.2) is 24.5 Å². The van der Waals surface area contributed by atoms with Gasteiger partial charge in [0.25, 0.3) is 0 Å². The quantitative estimate of drug-likeness (QED) is 0.0795. The van der Waals surface area contributed by atoms with Crippen LogP contribution in [0.25, 0.3) is 0 Å². The summed E-state index contributed by atoms with van der Waals surface area (Å²) in [5, 5.41) is 0. The second-order valence-corrected chi connectivity index (χ2v) is 9.41. The van der Waals surface area contributed by atoms with E-state index in [1.54, 1.807) is 6.92 Å². The fourth-order valence-corrected chi connectivity index (χ4v) is 4.17. The topological polar surface area (TPSA) is 69.7 Å². The van der Waals surface area contributed by atoms with Crippen LogP contribution < -0.4 is 0 Å². The second-order valence-electron chi connectivity index (χ2n) is 9.41. The van der Waals surface area contributed by atoms with E-state index >= 15 is 0 Å². The van der Waals surface area contributed by atoms with Crippen molar-refractivity contribution in [2.75, 3.05) is 6.61 Å². The molecule has 2 rings (SSSR count). The number of rotatable bonds is 16. The third kappa shape index (κ3) is 13.4. The number of carbonyl (C=O) groups excluding carboxylic acids is 3. The first-order valence-electron chi connectivity index (χ1n) is 13.2. The minimum atomic E-state index is -0.343. The molecular weight excluding hydrogens is 416 g/mol. The Morgan fingerprint density at radius 1 is 0.818 bits per heavy atom. The summed E-state index contributed by atoms with van der Waals surface area (Å²) in [5.41, 5.74) is 0.491. The van der Waals surface area contributed by atoms with E-state index in [0.717, 1.165) is 6.42 Å². The molecule has 0 aromatic carbocycles. The smallest absolute Gasteiger partial charge is 0.333 e. The summed E-state index contributed by atoms with van der Waals surface area (Å²) in [4.78, 5) is 33.0. The standard InChI is InChI=1S/C20H38O2.C8H8O3/c1-4-5-6-7-8-9-10-11-12-13-14-15-16-17-18-22-20(21)19(2)3;9-7-5-3-1-2-4-6(5)8(10)11-7/h2,4-18H2,1,3H3;1-2,5-6H,3-4H2. The van der Waals surface area contributed by atoms with Gasteiger partial charge in [0.05, 0.1) is 18.4 Å². The highest BCUT2D eigenvalue weighted by molar-refractivity contribution is 5.96. The molecule has 2 atom stereocenters. The zero-order valence-corrected chi connectivity index (χ0v) is 21.1. The lowest BCUT2D eigenvalue weighted by Crippen LogP contribution is -2.18. The van der Waals surface area contributed by atoms with Crippen LogP contribution in [0, 0.1) is 11.8 Å². The number of carbonyl (C=O) groups is 3. The molecule has 33 heavy (non-hydrogen) atoms. The van der Waals surface area contributed by atoms with Crippen molar-refractivity contribution in [2.24, 2.45) is 11.8 Å². The van der Waals surface area contributed by atoms with Gasteiger partial charge in [0.15, 0.2) is 0 Å². The first kappa shape index (κ1) is 29.1. The lowest BCUT2D eigenvalue weighted by Gasteiger charge is -2.12. The Morgan fingerprint density at radius 2 is 1.21 bits per heavy atom. The number of hydrogen-bond donors (Lipinski definition) is 0. The Labute approximate surface area is 201 Å². The van der Waals surface area contributed by atoms with Crippen molar-refractivity contribution < 1.29 is 23.9 Å². The molecule has 1 aliphatic heterocycles. The highest BCUT2D eigenvalue weighted by atomic mass is 16.6. The predicted octanol–water partition coefficient (Wildman–Crippen LogP) is 7.24. The molecule has 0 N–H and O–H groups in total. The zero-order chi connectivity index (χ0) is 24.3. The van der Waals surface area contributed by atoms with Crippen molar-refractivity contribution in [1.29, 1.82) is 0 Å². The van der Waals surface area contributed by atoms with Gasteiger partial charge in [0.1, 0.15) is 0 Å². The van der Waals surface area contributed by atoms with Crippen LogP contribution in [0.3, 0.4) is 0 Å². The molecule has 1 fully saturated rings. The summed E-state index contributed by atoms with van der Waals surface area (Å²) < 4.78 is 9.56. The van der Waals surface area contributed by atoms with Crippen molar-refractivity contribution >= 4 is 17.9 Å². The Balaban J connectivity index is 0.000000405. The highest BCUT2D eigenvalue weighted by Crippen LogP contribution is 2.32. The zero-order valence-electron chi connectivity index (χ0n) is 21.1. The number of fused-ring (bicyclic) bond motifs is 1. The molecular formula is C28H46O5. The molecule has 0 radical (unpaired) electrons. The molecule has 5 heteroatoms. The molecule has 2 aliphatic rings. The molecule has 2 unspecified atom stereocenters. The van der Waals surface area contributed by atoms with E-state index < -0.39 is 0 Å². The van der Waals surface area contributed by atoms with Crippen LogP contribution in [0.15, 0.2) is 24.3 Å². The van der Waals surface area contributed by atoms with E-state index in [0.29, 0.717) is 25.0 Å². The first-order valence-corrected chi connectivity index (χ1v) is 13.2. The third-order valence-electron chi connectivity index (χ3n) is 6.32. The van der Waals surface area contributed by atoms with Crippen molar-refractivity contribution in [1.82, 2.24) is 0 Å². The Hall–Kier alpha value is -1.91. The van der Waals surface area contributed by atoms with Gasteiger partial charge in [-0.05, 0) is 26.2 Å². The number of cyclic esters (lactones) is 2. The SMILES string of the molecule is C=C(C)C(=O)OCCCCCCCCCCCCCCCC.O=C1OC(=O)C2CC=CCC12. The minimum absolute atomic E-state index is 0.188. The van der Waals surface area contributed by atoms with Gasteiger partial charge in [-0.1, -0.05) is 109 Å². The van der Waals surface area contributed by atoms with Gasteiger partial charge < -0.3 is 9.47 Å². The minimum Gasteiger partial charge on any atom is -0.462 e. The molecule has 1 aliphatic carbocycles. The summed E-state index contributed by atoms with van der Waals surface area (Å²) in [6, 6.07) is 0. The van der Waals surface area contributed by atoms with Crippen LogP contribution in [0.5, 0.6) is 0 Å². The number of unbranched alkanes of at least 4 members (excludes halogenated alkanes) is 13. The average molecular weight is 463 g/mol. The fraction of sp³-hybridized carbons (Fsp3) is 0.750. The lowest BCUT2D eigenvalue weighted by molar-refractivity contribution is -0.153. The molecule has 0 amide bonds. The lowest BCUT2D eigenvalue weighted by atomic mass is 9.85. The molecule has 1 saturated heterocycles. The van der Waals surface area contributed by atoms with Gasteiger partial charge in [-0.25, -0.2) is 4.79 Å². The van der Waals surface area contributed by atoms with Gasteiger partial charge in [0, 0.05) is 5.57 Å². The van der Waals surface area contributed by atoms with E-state index in [9.17, 15) is 14.4 Å². The van der Waals surface area contributed by atoms with Crippen molar-refractivity contribution in [3.8, 4) is 0 Å². The molecule has 188 valence electrons. The maximum Gasteiger partial charge on any atom is 0.333 e. The fourth-order valence-electron chi connectivity index (χ4n) is 4.17. The number of hydrogen-bond acceptors (Lipinski definition) is 5. The van der Waals surface area contributed by atoms with Gasteiger partial charge in [-0.15, -0.1) is 0 Å². The van der Waals surface area contributed by atoms with E-state index in [2.05, 4.69) is 18.2 Å². The molecule has 0 bridgehead atoms. The molecule has 0 saturated carbocycles. The van der Waals surface area contributed by atoms with E-state index in [4.69, 9.17) is 4.74 Å². The largest absolute Gasteiger partial charge is 0.462 e. The van der Waals surface area contributed by atoms with Crippen LogP contribution in [0.2, 0.25) is 0 Å². The van der Waals surface area contributed by atoms with Gasteiger partial charge >= 0.3 is 17.9 Å². The molecule has 0 spiro atoms. The van der Waals surface area contributed by atoms with Crippen molar-refractivity contribution in [3.05, 3.63) is 24.3 Å².